The van der Waals surface area contributed by atoms with Crippen molar-refractivity contribution in [2.45, 2.75) is 20.5 Å². The lowest BCUT2D eigenvalue weighted by Gasteiger charge is -2.12. The normalized spacial score (nSPS) is 10.3. The maximum absolute atomic E-state index is 12.7. The first-order valence-electron chi connectivity index (χ1n) is 9.01. The Labute approximate surface area is 168 Å². The molecular weight excluding hydrogens is 372 g/mol. The molecule has 3 rings (SSSR count). The van der Waals surface area contributed by atoms with Gasteiger partial charge in [0.05, 0.1) is 16.8 Å². The molecule has 0 atom stereocenters. The first-order chi connectivity index (χ1) is 14.0. The van der Waals surface area contributed by atoms with Crippen molar-refractivity contribution in [2.75, 3.05) is 17.7 Å². The van der Waals surface area contributed by atoms with Crippen molar-refractivity contribution in [3.63, 3.8) is 0 Å². The van der Waals surface area contributed by atoms with Crippen molar-refractivity contribution >= 4 is 23.3 Å². The van der Waals surface area contributed by atoms with Crippen molar-refractivity contribution in [3.8, 4) is 5.75 Å². The van der Waals surface area contributed by atoms with Gasteiger partial charge in [-0.1, -0.05) is 17.3 Å². The Morgan fingerprint density at radius 1 is 1.00 bits per heavy atom. The van der Waals surface area contributed by atoms with Gasteiger partial charge in [0.15, 0.2) is 0 Å². The van der Waals surface area contributed by atoms with Gasteiger partial charge in [-0.15, -0.1) is 0 Å². The standard InChI is InChI=1S/C21H22N4O4/c1-13-18(14(2)29-25-13)12-28-19-7-5-4-6-17(19)20(26)23-15-8-10-16(11-9-15)24-21(27)22-3/h4-11H,12H2,1-3H3,(H,23,26)(H2,22,24,27). The van der Waals surface area contributed by atoms with Crippen molar-refractivity contribution < 1.29 is 18.8 Å². The number of urea groups is 1. The van der Waals surface area contributed by atoms with Gasteiger partial charge in [-0.3, -0.25) is 4.79 Å². The van der Waals surface area contributed by atoms with Crippen LogP contribution in [-0.2, 0) is 6.61 Å². The van der Waals surface area contributed by atoms with E-state index in [9.17, 15) is 9.59 Å². The number of nitrogens with zero attached hydrogens (tertiary/aromatic N) is 1. The molecule has 0 saturated carbocycles. The summed E-state index contributed by atoms with van der Waals surface area (Å²) >= 11 is 0. The van der Waals surface area contributed by atoms with Crippen molar-refractivity contribution in [1.82, 2.24) is 10.5 Å². The second-order valence-electron chi connectivity index (χ2n) is 6.32. The number of hydrogen-bond acceptors (Lipinski definition) is 5. The molecule has 0 bridgehead atoms. The van der Waals surface area contributed by atoms with Gasteiger partial charge in [0.1, 0.15) is 18.1 Å². The third-order valence-corrected chi connectivity index (χ3v) is 4.31. The van der Waals surface area contributed by atoms with E-state index >= 15 is 0 Å². The third kappa shape index (κ3) is 4.92. The summed E-state index contributed by atoms with van der Waals surface area (Å²) in [6.07, 6.45) is 0. The Hall–Kier alpha value is -3.81. The Morgan fingerprint density at radius 3 is 2.28 bits per heavy atom. The number of ether oxygens (including phenoxy) is 1. The highest BCUT2D eigenvalue weighted by Crippen LogP contribution is 2.23. The van der Waals surface area contributed by atoms with Crippen LogP contribution in [0.1, 0.15) is 27.4 Å². The van der Waals surface area contributed by atoms with E-state index in [1.165, 1.54) is 7.05 Å². The fourth-order valence-electron chi connectivity index (χ4n) is 2.67. The number of carbonyl (C=O) groups excluding carboxylic acids is 2. The summed E-state index contributed by atoms with van der Waals surface area (Å²) in [4.78, 5) is 24.1. The molecule has 1 heterocycles. The first kappa shape index (κ1) is 19.9. The molecule has 0 unspecified atom stereocenters. The van der Waals surface area contributed by atoms with Crippen LogP contribution < -0.4 is 20.7 Å². The lowest BCUT2D eigenvalue weighted by molar-refractivity contribution is 0.102. The largest absolute Gasteiger partial charge is 0.488 e. The van der Waals surface area contributed by atoms with E-state index in [-0.39, 0.29) is 18.5 Å². The number of benzene rings is 2. The molecule has 3 aromatic rings. The maximum atomic E-state index is 12.7. The summed E-state index contributed by atoms with van der Waals surface area (Å²) in [5, 5.41) is 11.9. The zero-order valence-corrected chi connectivity index (χ0v) is 16.4. The van der Waals surface area contributed by atoms with Gasteiger partial charge < -0.3 is 25.2 Å². The van der Waals surface area contributed by atoms with Crippen LogP contribution in [0.5, 0.6) is 5.75 Å². The van der Waals surface area contributed by atoms with E-state index in [4.69, 9.17) is 9.26 Å². The zero-order chi connectivity index (χ0) is 20.8. The second-order valence-corrected chi connectivity index (χ2v) is 6.32. The Morgan fingerprint density at radius 2 is 1.66 bits per heavy atom. The lowest BCUT2D eigenvalue weighted by atomic mass is 10.1. The van der Waals surface area contributed by atoms with Crippen LogP contribution >= 0.6 is 0 Å². The van der Waals surface area contributed by atoms with Gasteiger partial charge in [0.2, 0.25) is 0 Å². The zero-order valence-electron chi connectivity index (χ0n) is 16.4. The van der Waals surface area contributed by atoms with E-state index in [0.717, 1.165) is 11.3 Å². The second kappa shape index (κ2) is 8.92. The van der Waals surface area contributed by atoms with Crippen LogP contribution in [0, 0.1) is 13.8 Å². The number of hydrogen-bond donors (Lipinski definition) is 3. The van der Waals surface area contributed by atoms with Gasteiger partial charge in [-0.2, -0.15) is 0 Å². The van der Waals surface area contributed by atoms with Gasteiger partial charge in [0.25, 0.3) is 5.91 Å². The van der Waals surface area contributed by atoms with Gasteiger partial charge in [-0.05, 0) is 50.2 Å². The Balaban J connectivity index is 1.69. The molecule has 0 aliphatic carbocycles. The molecule has 3 amide bonds. The SMILES string of the molecule is CNC(=O)Nc1ccc(NC(=O)c2ccccc2OCc2c(C)noc2C)cc1. The topological polar surface area (TPSA) is 105 Å². The minimum absolute atomic E-state index is 0.255. The average Bonchev–Trinajstić information content (AvgIpc) is 3.05. The van der Waals surface area contributed by atoms with Crippen LogP contribution in [0.25, 0.3) is 0 Å². The fraction of sp³-hybridized carbons (Fsp3) is 0.190. The molecular formula is C21H22N4O4. The highest BCUT2D eigenvalue weighted by molar-refractivity contribution is 6.06. The Kier molecular flexibility index (Phi) is 6.13. The number of aryl methyl sites for hydroxylation is 2. The first-order valence-corrected chi connectivity index (χ1v) is 9.01. The maximum Gasteiger partial charge on any atom is 0.318 e. The quantitative estimate of drug-likeness (QED) is 0.588. The van der Waals surface area contributed by atoms with Crippen LogP contribution in [0.2, 0.25) is 0 Å². The van der Waals surface area contributed by atoms with Gasteiger partial charge in [-0.25, -0.2) is 4.79 Å². The van der Waals surface area contributed by atoms with E-state index in [1.54, 1.807) is 48.5 Å². The number of para-hydroxylation sites is 1. The fourth-order valence-corrected chi connectivity index (χ4v) is 2.67. The molecule has 150 valence electrons. The van der Waals surface area contributed by atoms with Crippen molar-refractivity contribution in [3.05, 3.63) is 71.1 Å². The summed E-state index contributed by atoms with van der Waals surface area (Å²) in [6.45, 7) is 3.92. The van der Waals surface area contributed by atoms with E-state index in [2.05, 4.69) is 21.1 Å². The van der Waals surface area contributed by atoms with Crippen LogP contribution in [0.15, 0.2) is 53.1 Å². The highest BCUT2D eigenvalue weighted by atomic mass is 16.5. The molecule has 0 aliphatic rings. The van der Waals surface area contributed by atoms with E-state index in [0.29, 0.717) is 28.4 Å². The number of anilines is 2. The number of aromatic nitrogens is 1. The molecule has 0 fully saturated rings. The molecule has 8 heteroatoms. The molecule has 1 aromatic heterocycles. The number of amides is 3. The minimum atomic E-state index is -0.314. The molecule has 0 spiro atoms. The lowest BCUT2D eigenvalue weighted by Crippen LogP contribution is -2.24. The summed E-state index contributed by atoms with van der Waals surface area (Å²) in [5.74, 6) is 0.851. The van der Waals surface area contributed by atoms with E-state index in [1.807, 2.05) is 13.8 Å². The monoisotopic (exact) mass is 394 g/mol. The summed E-state index contributed by atoms with van der Waals surface area (Å²) in [5.41, 5.74) is 3.24. The van der Waals surface area contributed by atoms with Crippen molar-refractivity contribution in [2.24, 2.45) is 0 Å². The summed E-state index contributed by atoms with van der Waals surface area (Å²) < 4.78 is 11.0. The van der Waals surface area contributed by atoms with Gasteiger partial charge in [0, 0.05) is 18.4 Å². The predicted molar refractivity (Wildman–Crippen MR) is 109 cm³/mol. The van der Waals surface area contributed by atoms with Crippen molar-refractivity contribution in [1.29, 1.82) is 0 Å². The Bertz CT molecular complexity index is 992. The summed E-state index contributed by atoms with van der Waals surface area (Å²) in [6, 6.07) is 13.5. The minimum Gasteiger partial charge on any atom is -0.488 e. The molecule has 2 aromatic carbocycles. The third-order valence-electron chi connectivity index (χ3n) is 4.31. The van der Waals surface area contributed by atoms with Crippen LogP contribution in [0.3, 0.4) is 0 Å². The van der Waals surface area contributed by atoms with Gasteiger partial charge >= 0.3 is 6.03 Å². The summed E-state index contributed by atoms with van der Waals surface area (Å²) in [7, 11) is 1.54. The number of carbonyl (C=O) groups is 2. The number of rotatable bonds is 6. The molecule has 0 radical (unpaired) electrons. The molecule has 0 saturated heterocycles. The average molecular weight is 394 g/mol. The number of nitrogens with one attached hydrogen (secondary N) is 3. The molecule has 0 aliphatic heterocycles. The molecule has 8 nitrogen and oxygen atoms in total. The predicted octanol–water partition coefficient (Wildman–Crippen LogP) is 3.87. The molecule has 29 heavy (non-hydrogen) atoms. The van der Waals surface area contributed by atoms with Crippen LogP contribution in [0.4, 0.5) is 16.2 Å². The molecule has 3 N–H and O–H groups in total. The van der Waals surface area contributed by atoms with E-state index < -0.39 is 0 Å². The highest BCUT2D eigenvalue weighted by Gasteiger charge is 2.15. The smallest absolute Gasteiger partial charge is 0.318 e. The van der Waals surface area contributed by atoms with Crippen LogP contribution in [-0.4, -0.2) is 24.1 Å².